The summed E-state index contributed by atoms with van der Waals surface area (Å²) in [6.07, 6.45) is 1.14. The number of aliphatic carboxylic acids is 1. The molecule has 1 aliphatic rings. The van der Waals surface area contributed by atoms with Crippen LogP contribution < -0.4 is 0 Å². The SMILES string of the molecule is Cc1coc(CC(=O)O)c1C(=O)N1CCOC(C)(C)C1. The fourth-order valence-corrected chi connectivity index (χ4v) is 2.40. The molecule has 0 aliphatic carbocycles. The lowest BCUT2D eigenvalue weighted by atomic mass is 10.0. The van der Waals surface area contributed by atoms with E-state index in [4.69, 9.17) is 14.3 Å². The number of morpholine rings is 1. The molecule has 0 unspecified atom stereocenters. The smallest absolute Gasteiger partial charge is 0.311 e. The van der Waals surface area contributed by atoms with E-state index in [-0.39, 0.29) is 18.1 Å². The molecule has 0 aromatic carbocycles. The predicted molar refractivity (Wildman–Crippen MR) is 70.7 cm³/mol. The Labute approximate surface area is 117 Å². The van der Waals surface area contributed by atoms with Crippen LogP contribution in [0.25, 0.3) is 0 Å². The molecule has 110 valence electrons. The van der Waals surface area contributed by atoms with Crippen LogP contribution in [0.5, 0.6) is 0 Å². The minimum absolute atomic E-state index is 0.191. The number of amides is 1. The third kappa shape index (κ3) is 3.01. The van der Waals surface area contributed by atoms with Gasteiger partial charge in [-0.1, -0.05) is 0 Å². The van der Waals surface area contributed by atoms with E-state index in [1.54, 1.807) is 11.8 Å². The second kappa shape index (κ2) is 5.28. The summed E-state index contributed by atoms with van der Waals surface area (Å²) < 4.78 is 10.8. The van der Waals surface area contributed by atoms with Crippen molar-refractivity contribution in [3.05, 3.63) is 23.2 Å². The highest BCUT2D eigenvalue weighted by Crippen LogP contribution is 2.23. The minimum atomic E-state index is -1.02. The number of nitrogens with zero attached hydrogens (tertiary/aromatic N) is 1. The summed E-state index contributed by atoms with van der Waals surface area (Å²) in [5.41, 5.74) is 0.638. The number of carbonyl (C=O) groups excluding carboxylic acids is 1. The second-order valence-electron chi connectivity index (χ2n) is 5.62. The maximum absolute atomic E-state index is 12.6. The van der Waals surface area contributed by atoms with Gasteiger partial charge in [-0.15, -0.1) is 0 Å². The Balaban J connectivity index is 2.24. The average molecular weight is 281 g/mol. The van der Waals surface area contributed by atoms with Crippen LogP contribution in [0, 0.1) is 6.92 Å². The molecule has 0 spiro atoms. The van der Waals surface area contributed by atoms with Crippen molar-refractivity contribution < 1.29 is 23.8 Å². The van der Waals surface area contributed by atoms with Gasteiger partial charge in [0.1, 0.15) is 12.2 Å². The topological polar surface area (TPSA) is 80.0 Å². The first-order chi connectivity index (χ1) is 9.30. The maximum atomic E-state index is 12.6. The summed E-state index contributed by atoms with van der Waals surface area (Å²) in [5, 5.41) is 8.87. The highest BCUT2D eigenvalue weighted by Gasteiger charge is 2.33. The summed E-state index contributed by atoms with van der Waals surface area (Å²) in [7, 11) is 0. The fourth-order valence-electron chi connectivity index (χ4n) is 2.40. The molecule has 1 aliphatic heterocycles. The molecule has 1 fully saturated rings. The third-order valence-corrected chi connectivity index (χ3v) is 3.29. The number of carbonyl (C=O) groups is 2. The molecule has 1 aromatic heterocycles. The van der Waals surface area contributed by atoms with Gasteiger partial charge in [-0.25, -0.2) is 0 Å². The number of furan rings is 1. The molecule has 1 amide bonds. The first-order valence-corrected chi connectivity index (χ1v) is 6.52. The number of aryl methyl sites for hydroxylation is 1. The lowest BCUT2D eigenvalue weighted by molar-refractivity contribution is -0.136. The number of carboxylic acid groups (broad SMARTS) is 1. The number of carboxylic acids is 1. The Bertz CT molecular complexity index is 532. The van der Waals surface area contributed by atoms with Crippen LogP contribution in [-0.2, 0) is 16.0 Å². The zero-order valence-corrected chi connectivity index (χ0v) is 11.9. The van der Waals surface area contributed by atoms with Gasteiger partial charge in [0, 0.05) is 18.7 Å². The lowest BCUT2D eigenvalue weighted by Crippen LogP contribution is -2.50. The summed E-state index contributed by atoms with van der Waals surface area (Å²) in [6.45, 7) is 7.04. The Kier molecular flexibility index (Phi) is 3.85. The number of hydrogen-bond donors (Lipinski definition) is 1. The monoisotopic (exact) mass is 281 g/mol. The number of rotatable bonds is 3. The molecule has 2 heterocycles. The molecular formula is C14H19NO5. The van der Waals surface area contributed by atoms with Gasteiger partial charge in [0.15, 0.2) is 0 Å². The highest BCUT2D eigenvalue weighted by molar-refractivity contribution is 5.97. The van der Waals surface area contributed by atoms with Crippen molar-refractivity contribution >= 4 is 11.9 Å². The normalized spacial score (nSPS) is 18.1. The van der Waals surface area contributed by atoms with Gasteiger partial charge in [-0.05, 0) is 20.8 Å². The first-order valence-electron chi connectivity index (χ1n) is 6.52. The van der Waals surface area contributed by atoms with Crippen molar-refractivity contribution in [3.8, 4) is 0 Å². The van der Waals surface area contributed by atoms with Gasteiger partial charge in [-0.2, -0.15) is 0 Å². The molecule has 0 radical (unpaired) electrons. The number of hydrogen-bond acceptors (Lipinski definition) is 4. The van der Waals surface area contributed by atoms with Crippen molar-refractivity contribution in [3.63, 3.8) is 0 Å². The van der Waals surface area contributed by atoms with Gasteiger partial charge in [-0.3, -0.25) is 9.59 Å². The van der Waals surface area contributed by atoms with Gasteiger partial charge < -0.3 is 19.2 Å². The zero-order valence-electron chi connectivity index (χ0n) is 11.9. The zero-order chi connectivity index (χ0) is 14.9. The molecule has 0 atom stereocenters. The van der Waals surface area contributed by atoms with Gasteiger partial charge in [0.05, 0.1) is 24.0 Å². The predicted octanol–water partition coefficient (Wildman–Crippen LogP) is 1.47. The molecule has 0 bridgehead atoms. The van der Waals surface area contributed by atoms with Gasteiger partial charge >= 0.3 is 5.97 Å². The molecule has 20 heavy (non-hydrogen) atoms. The third-order valence-electron chi connectivity index (χ3n) is 3.29. The van der Waals surface area contributed by atoms with Crippen LogP contribution in [0.15, 0.2) is 10.7 Å². The first kappa shape index (κ1) is 14.6. The Hall–Kier alpha value is -1.82. The Morgan fingerprint density at radius 3 is 2.75 bits per heavy atom. The summed E-state index contributed by atoms with van der Waals surface area (Å²) in [5.74, 6) is -0.996. The van der Waals surface area contributed by atoms with Crippen molar-refractivity contribution in [2.75, 3.05) is 19.7 Å². The van der Waals surface area contributed by atoms with Crippen LogP contribution in [0.4, 0.5) is 0 Å². The molecule has 1 N–H and O–H groups in total. The fraction of sp³-hybridized carbons (Fsp3) is 0.571. The van der Waals surface area contributed by atoms with E-state index in [9.17, 15) is 9.59 Å². The quantitative estimate of drug-likeness (QED) is 0.907. The van der Waals surface area contributed by atoms with E-state index >= 15 is 0 Å². The van der Waals surface area contributed by atoms with E-state index in [2.05, 4.69) is 0 Å². The van der Waals surface area contributed by atoms with Crippen molar-refractivity contribution in [2.24, 2.45) is 0 Å². The van der Waals surface area contributed by atoms with E-state index < -0.39 is 11.6 Å². The maximum Gasteiger partial charge on any atom is 0.311 e. The van der Waals surface area contributed by atoms with Crippen molar-refractivity contribution in [1.82, 2.24) is 4.90 Å². The van der Waals surface area contributed by atoms with Crippen LogP contribution in [0.3, 0.4) is 0 Å². The molecule has 1 aromatic rings. The van der Waals surface area contributed by atoms with E-state index in [1.807, 2.05) is 13.8 Å². The standard InChI is InChI=1S/C14H19NO5/c1-9-7-19-10(6-11(16)17)12(9)13(18)15-4-5-20-14(2,3)8-15/h7H,4-6,8H2,1-3H3,(H,16,17). The second-order valence-corrected chi connectivity index (χ2v) is 5.62. The van der Waals surface area contributed by atoms with Crippen LogP contribution >= 0.6 is 0 Å². The summed E-state index contributed by atoms with van der Waals surface area (Å²) in [4.78, 5) is 25.1. The van der Waals surface area contributed by atoms with E-state index in [0.29, 0.717) is 30.8 Å². The highest BCUT2D eigenvalue weighted by atomic mass is 16.5. The number of ether oxygens (including phenoxy) is 1. The van der Waals surface area contributed by atoms with Crippen molar-refractivity contribution in [1.29, 1.82) is 0 Å². The Morgan fingerprint density at radius 1 is 1.45 bits per heavy atom. The van der Waals surface area contributed by atoms with Crippen LogP contribution in [0.1, 0.15) is 35.5 Å². The molecular weight excluding hydrogens is 262 g/mol. The largest absolute Gasteiger partial charge is 0.481 e. The molecule has 2 rings (SSSR count). The molecule has 6 heteroatoms. The van der Waals surface area contributed by atoms with Gasteiger partial charge in [0.25, 0.3) is 5.91 Å². The van der Waals surface area contributed by atoms with Crippen LogP contribution in [-0.4, -0.2) is 47.2 Å². The molecule has 0 saturated carbocycles. The van der Waals surface area contributed by atoms with Gasteiger partial charge in [0.2, 0.25) is 0 Å². The summed E-state index contributed by atoms with van der Waals surface area (Å²) >= 11 is 0. The summed E-state index contributed by atoms with van der Waals surface area (Å²) in [6, 6.07) is 0. The van der Waals surface area contributed by atoms with Crippen molar-refractivity contribution in [2.45, 2.75) is 32.8 Å². The Morgan fingerprint density at radius 2 is 2.15 bits per heavy atom. The molecule has 1 saturated heterocycles. The van der Waals surface area contributed by atoms with Crippen LogP contribution in [0.2, 0.25) is 0 Å². The van der Waals surface area contributed by atoms with E-state index in [1.165, 1.54) is 6.26 Å². The molecule has 6 nitrogen and oxygen atoms in total. The van der Waals surface area contributed by atoms with E-state index in [0.717, 1.165) is 0 Å². The average Bonchev–Trinajstić information content (AvgIpc) is 2.67. The minimum Gasteiger partial charge on any atom is -0.481 e. The lowest BCUT2D eigenvalue weighted by Gasteiger charge is -2.38.